The minimum atomic E-state index is -0.240. The van der Waals surface area contributed by atoms with E-state index in [2.05, 4.69) is 5.32 Å². The molecule has 0 heterocycles. The zero-order chi connectivity index (χ0) is 19.2. The molecule has 0 aliphatic heterocycles. The number of anilines is 2. The predicted molar refractivity (Wildman–Crippen MR) is 107 cm³/mol. The smallest absolute Gasteiger partial charge is 0.258 e. The first-order valence-electron chi connectivity index (χ1n) is 8.47. The number of rotatable bonds is 5. The Kier molecular flexibility index (Phi) is 5.52. The van der Waals surface area contributed by atoms with Crippen molar-refractivity contribution in [2.24, 2.45) is 0 Å². The fourth-order valence-corrected chi connectivity index (χ4v) is 2.60. The van der Waals surface area contributed by atoms with Crippen molar-refractivity contribution < 1.29 is 14.3 Å². The number of nitrogens with zero attached hydrogens (tertiary/aromatic N) is 1. The number of para-hydroxylation sites is 1. The third-order valence-corrected chi connectivity index (χ3v) is 4.19. The number of amides is 2. The van der Waals surface area contributed by atoms with Gasteiger partial charge in [-0.25, -0.2) is 0 Å². The molecule has 3 aromatic carbocycles. The van der Waals surface area contributed by atoms with Gasteiger partial charge in [-0.15, -0.1) is 0 Å². The van der Waals surface area contributed by atoms with E-state index >= 15 is 0 Å². The average Bonchev–Trinajstić information content (AvgIpc) is 2.74. The Bertz CT molecular complexity index is 920. The van der Waals surface area contributed by atoms with Crippen LogP contribution in [0.4, 0.5) is 11.4 Å². The van der Waals surface area contributed by atoms with Crippen LogP contribution in [0.25, 0.3) is 0 Å². The number of hydrogen-bond donors (Lipinski definition) is 1. The molecule has 3 aromatic rings. The molecule has 0 atom stereocenters. The van der Waals surface area contributed by atoms with Crippen LogP contribution in [0, 0.1) is 0 Å². The van der Waals surface area contributed by atoms with Gasteiger partial charge < -0.3 is 15.0 Å². The van der Waals surface area contributed by atoms with Gasteiger partial charge in [-0.05, 0) is 60.7 Å². The Morgan fingerprint density at radius 3 is 2.00 bits per heavy atom. The largest absolute Gasteiger partial charge is 0.497 e. The molecule has 5 nitrogen and oxygen atoms in total. The normalized spacial score (nSPS) is 10.1. The molecule has 0 saturated carbocycles. The first-order valence-corrected chi connectivity index (χ1v) is 8.47. The van der Waals surface area contributed by atoms with E-state index in [4.69, 9.17) is 4.74 Å². The monoisotopic (exact) mass is 360 g/mol. The Hall–Kier alpha value is -3.60. The molecule has 0 aliphatic carbocycles. The summed E-state index contributed by atoms with van der Waals surface area (Å²) in [5, 5.41) is 2.82. The van der Waals surface area contributed by atoms with Gasteiger partial charge in [0.25, 0.3) is 11.8 Å². The van der Waals surface area contributed by atoms with Gasteiger partial charge in [0.1, 0.15) is 5.75 Å². The molecule has 5 heteroatoms. The molecular formula is C22H20N2O3. The van der Waals surface area contributed by atoms with E-state index in [1.54, 1.807) is 67.6 Å². The van der Waals surface area contributed by atoms with Crippen LogP contribution in [0.5, 0.6) is 5.75 Å². The van der Waals surface area contributed by atoms with Crippen molar-refractivity contribution >= 4 is 23.2 Å². The van der Waals surface area contributed by atoms with Crippen molar-refractivity contribution in [3.05, 3.63) is 90.0 Å². The Morgan fingerprint density at radius 1 is 0.815 bits per heavy atom. The van der Waals surface area contributed by atoms with E-state index in [9.17, 15) is 9.59 Å². The van der Waals surface area contributed by atoms with E-state index in [-0.39, 0.29) is 11.8 Å². The Balaban J connectivity index is 1.68. The number of hydrogen-bond acceptors (Lipinski definition) is 3. The third-order valence-electron chi connectivity index (χ3n) is 4.19. The van der Waals surface area contributed by atoms with E-state index in [0.717, 1.165) is 11.4 Å². The molecule has 1 N–H and O–H groups in total. The number of carbonyl (C=O) groups excluding carboxylic acids is 2. The minimum Gasteiger partial charge on any atom is -0.497 e. The van der Waals surface area contributed by atoms with E-state index in [1.165, 1.54) is 0 Å². The maximum Gasteiger partial charge on any atom is 0.258 e. The summed E-state index contributed by atoms with van der Waals surface area (Å²) in [6.07, 6.45) is 0. The molecule has 136 valence electrons. The highest BCUT2D eigenvalue weighted by molar-refractivity contribution is 6.08. The Morgan fingerprint density at radius 2 is 1.41 bits per heavy atom. The highest BCUT2D eigenvalue weighted by atomic mass is 16.5. The lowest BCUT2D eigenvalue weighted by atomic mass is 10.1. The summed E-state index contributed by atoms with van der Waals surface area (Å²) in [6, 6.07) is 23.1. The fraction of sp³-hybridized carbons (Fsp3) is 0.0909. The van der Waals surface area contributed by atoms with Gasteiger partial charge in [0, 0.05) is 29.5 Å². The molecule has 0 bridgehead atoms. The molecule has 0 fully saturated rings. The van der Waals surface area contributed by atoms with Crippen LogP contribution in [0.2, 0.25) is 0 Å². The number of ether oxygens (including phenoxy) is 1. The highest BCUT2D eigenvalue weighted by Gasteiger charge is 2.14. The van der Waals surface area contributed by atoms with Gasteiger partial charge in [0.15, 0.2) is 0 Å². The predicted octanol–water partition coefficient (Wildman–Crippen LogP) is 4.22. The number of methoxy groups -OCH3 is 1. The van der Waals surface area contributed by atoms with E-state index < -0.39 is 0 Å². The second-order valence-electron chi connectivity index (χ2n) is 5.96. The molecule has 0 aliphatic rings. The van der Waals surface area contributed by atoms with E-state index in [0.29, 0.717) is 16.8 Å². The topological polar surface area (TPSA) is 58.6 Å². The lowest BCUT2D eigenvalue weighted by Crippen LogP contribution is -2.26. The van der Waals surface area contributed by atoms with Gasteiger partial charge in [0.2, 0.25) is 0 Å². The third kappa shape index (κ3) is 4.33. The molecule has 0 unspecified atom stereocenters. The first kappa shape index (κ1) is 18.2. The number of benzene rings is 3. The minimum absolute atomic E-state index is 0.136. The second kappa shape index (κ2) is 8.19. The van der Waals surface area contributed by atoms with Crippen LogP contribution in [0.3, 0.4) is 0 Å². The molecule has 27 heavy (non-hydrogen) atoms. The van der Waals surface area contributed by atoms with Crippen LogP contribution in [-0.2, 0) is 0 Å². The lowest BCUT2D eigenvalue weighted by molar-refractivity contribution is 0.0989. The SMILES string of the molecule is COc1ccc(NC(=O)c2ccc(C(=O)N(C)c3ccccc3)cc2)cc1. The van der Waals surface area contributed by atoms with Crippen molar-refractivity contribution in [3.63, 3.8) is 0 Å². The standard InChI is InChI=1S/C22H20N2O3/c1-24(19-6-4-3-5-7-19)22(26)17-10-8-16(9-11-17)21(25)23-18-12-14-20(27-2)15-13-18/h3-15H,1-2H3,(H,23,25). The molecular weight excluding hydrogens is 340 g/mol. The van der Waals surface area contributed by atoms with Crippen LogP contribution in [-0.4, -0.2) is 26.0 Å². The van der Waals surface area contributed by atoms with Crippen LogP contribution >= 0.6 is 0 Å². The summed E-state index contributed by atoms with van der Waals surface area (Å²) in [5.41, 5.74) is 2.47. The maximum absolute atomic E-state index is 12.6. The van der Waals surface area contributed by atoms with Crippen molar-refractivity contribution in [2.45, 2.75) is 0 Å². The zero-order valence-corrected chi connectivity index (χ0v) is 15.2. The summed E-state index contributed by atoms with van der Waals surface area (Å²) < 4.78 is 5.10. The van der Waals surface area contributed by atoms with Gasteiger partial charge in [-0.1, -0.05) is 18.2 Å². The van der Waals surface area contributed by atoms with Gasteiger partial charge in [-0.3, -0.25) is 9.59 Å². The molecule has 0 radical (unpaired) electrons. The van der Waals surface area contributed by atoms with Crippen molar-refractivity contribution in [3.8, 4) is 5.75 Å². The molecule has 0 saturated heterocycles. The summed E-state index contributed by atoms with van der Waals surface area (Å²) in [4.78, 5) is 26.5. The summed E-state index contributed by atoms with van der Waals surface area (Å²) in [7, 11) is 3.31. The van der Waals surface area contributed by atoms with Gasteiger partial charge >= 0.3 is 0 Å². The van der Waals surface area contributed by atoms with Crippen molar-refractivity contribution in [2.75, 3.05) is 24.4 Å². The second-order valence-corrected chi connectivity index (χ2v) is 5.96. The summed E-state index contributed by atoms with van der Waals surface area (Å²) in [5.74, 6) is 0.345. The van der Waals surface area contributed by atoms with Crippen LogP contribution in [0.1, 0.15) is 20.7 Å². The average molecular weight is 360 g/mol. The van der Waals surface area contributed by atoms with E-state index in [1.807, 2.05) is 30.3 Å². The number of nitrogens with one attached hydrogen (secondary N) is 1. The van der Waals surface area contributed by atoms with Crippen LogP contribution in [0.15, 0.2) is 78.9 Å². The molecule has 0 aromatic heterocycles. The van der Waals surface area contributed by atoms with Gasteiger partial charge in [0.05, 0.1) is 7.11 Å². The fourth-order valence-electron chi connectivity index (χ4n) is 2.60. The number of carbonyl (C=O) groups is 2. The first-order chi connectivity index (χ1) is 13.1. The molecule has 0 spiro atoms. The summed E-state index contributed by atoms with van der Waals surface area (Å²) >= 11 is 0. The Labute approximate surface area is 158 Å². The maximum atomic E-state index is 12.6. The lowest BCUT2D eigenvalue weighted by Gasteiger charge is -2.17. The van der Waals surface area contributed by atoms with Crippen LogP contribution < -0.4 is 15.0 Å². The zero-order valence-electron chi connectivity index (χ0n) is 15.2. The summed E-state index contributed by atoms with van der Waals surface area (Å²) in [6.45, 7) is 0. The van der Waals surface area contributed by atoms with Crippen molar-refractivity contribution in [1.29, 1.82) is 0 Å². The highest BCUT2D eigenvalue weighted by Crippen LogP contribution is 2.17. The quantitative estimate of drug-likeness (QED) is 0.741. The van der Waals surface area contributed by atoms with Crippen molar-refractivity contribution in [1.82, 2.24) is 0 Å². The van der Waals surface area contributed by atoms with Gasteiger partial charge in [-0.2, -0.15) is 0 Å². The molecule has 3 rings (SSSR count). The molecule has 2 amide bonds.